The Morgan fingerprint density at radius 3 is 2.35 bits per heavy atom. The van der Waals surface area contributed by atoms with Gasteiger partial charge >= 0.3 is 0 Å². The molecule has 2 aromatic carbocycles. The van der Waals surface area contributed by atoms with Crippen LogP contribution in [-0.2, 0) is 13.2 Å². The summed E-state index contributed by atoms with van der Waals surface area (Å²) < 4.78 is 12.9. The van der Waals surface area contributed by atoms with Crippen LogP contribution in [0.25, 0.3) is 0 Å². The van der Waals surface area contributed by atoms with Gasteiger partial charge in [-0.05, 0) is 80.0 Å². The number of rotatable bonds is 7. The van der Waals surface area contributed by atoms with Crippen molar-refractivity contribution in [1.29, 1.82) is 0 Å². The fourth-order valence-corrected chi connectivity index (χ4v) is 7.25. The Hall–Kier alpha value is -0.940. The van der Waals surface area contributed by atoms with E-state index in [-0.39, 0.29) is 0 Å². The van der Waals surface area contributed by atoms with Gasteiger partial charge in [-0.25, -0.2) is 0 Å². The summed E-state index contributed by atoms with van der Waals surface area (Å²) in [5.41, 5.74) is 1.99. The first-order valence-electron chi connectivity index (χ1n) is 11.2. The zero-order valence-corrected chi connectivity index (χ0v) is 20.8. The summed E-state index contributed by atoms with van der Waals surface area (Å²) >= 11 is 16.1. The van der Waals surface area contributed by atoms with Crippen molar-refractivity contribution in [3.8, 4) is 11.5 Å². The van der Waals surface area contributed by atoms with Crippen LogP contribution in [0.15, 0.2) is 34.8 Å². The second-order valence-electron chi connectivity index (χ2n) is 9.42. The molecule has 6 rings (SSSR count). The van der Waals surface area contributed by atoms with E-state index in [1.807, 2.05) is 24.3 Å². The maximum Gasteiger partial charge on any atom is 0.167 e. The predicted molar refractivity (Wildman–Crippen MR) is 129 cm³/mol. The van der Waals surface area contributed by atoms with Gasteiger partial charge in [-0.3, -0.25) is 0 Å². The van der Waals surface area contributed by atoms with E-state index in [0.717, 1.165) is 57.3 Å². The SMILES string of the molecule is COc1ccc(Br)c(CNC2C3CC4CC(C3)CC2C4)c1OCc1ccc(Cl)cc1Cl. The third-order valence-electron chi connectivity index (χ3n) is 7.52. The number of methoxy groups -OCH3 is 1. The summed E-state index contributed by atoms with van der Waals surface area (Å²) in [6, 6.07) is 10.1. The third-order valence-corrected chi connectivity index (χ3v) is 8.85. The molecule has 0 amide bonds. The van der Waals surface area contributed by atoms with Gasteiger partial charge in [0.25, 0.3) is 0 Å². The highest BCUT2D eigenvalue weighted by Crippen LogP contribution is 2.54. The molecule has 4 fully saturated rings. The summed E-state index contributed by atoms with van der Waals surface area (Å²) in [6.07, 6.45) is 7.10. The maximum atomic E-state index is 6.36. The molecule has 0 heterocycles. The minimum Gasteiger partial charge on any atom is -0.493 e. The first-order valence-corrected chi connectivity index (χ1v) is 12.7. The molecule has 4 saturated carbocycles. The maximum absolute atomic E-state index is 6.36. The zero-order valence-electron chi connectivity index (χ0n) is 17.7. The molecule has 0 atom stereocenters. The van der Waals surface area contributed by atoms with Crippen LogP contribution < -0.4 is 14.8 Å². The van der Waals surface area contributed by atoms with Gasteiger partial charge in [-0.2, -0.15) is 0 Å². The highest BCUT2D eigenvalue weighted by atomic mass is 79.9. The number of nitrogens with one attached hydrogen (secondary N) is 1. The van der Waals surface area contributed by atoms with Gasteiger partial charge in [0.05, 0.1) is 7.11 Å². The van der Waals surface area contributed by atoms with Crippen molar-refractivity contribution >= 4 is 39.1 Å². The van der Waals surface area contributed by atoms with Crippen molar-refractivity contribution in [2.45, 2.75) is 51.3 Å². The highest BCUT2D eigenvalue weighted by Gasteiger charge is 2.47. The Morgan fingerprint density at radius 2 is 1.71 bits per heavy atom. The van der Waals surface area contributed by atoms with Crippen molar-refractivity contribution in [2.75, 3.05) is 7.11 Å². The van der Waals surface area contributed by atoms with Gasteiger partial charge in [0.1, 0.15) is 6.61 Å². The van der Waals surface area contributed by atoms with Crippen molar-refractivity contribution in [2.24, 2.45) is 23.7 Å². The van der Waals surface area contributed by atoms with E-state index in [2.05, 4.69) is 21.2 Å². The standard InChI is InChI=1S/C25H28BrCl2NO2/c1-30-23-5-4-21(26)20(25(23)31-13-16-2-3-19(27)11-22(16)28)12-29-24-17-7-14-6-15(9-17)10-18(24)8-14/h2-5,11,14-15,17-18,24,29H,6-10,12-13H2,1H3. The Balaban J connectivity index is 1.34. The van der Waals surface area contributed by atoms with E-state index in [1.165, 1.54) is 32.1 Å². The second-order valence-corrected chi connectivity index (χ2v) is 11.1. The van der Waals surface area contributed by atoms with E-state index < -0.39 is 0 Å². The van der Waals surface area contributed by atoms with Gasteiger partial charge in [-0.15, -0.1) is 0 Å². The van der Waals surface area contributed by atoms with Crippen LogP contribution >= 0.6 is 39.1 Å². The lowest BCUT2D eigenvalue weighted by molar-refractivity contribution is -0.0143. The number of halogens is 3. The second kappa shape index (κ2) is 9.13. The molecule has 3 nitrogen and oxygen atoms in total. The average molecular weight is 525 g/mol. The normalized spacial score (nSPS) is 28.7. The minimum absolute atomic E-state index is 0.355. The highest BCUT2D eigenvalue weighted by molar-refractivity contribution is 9.10. The molecule has 2 aromatic rings. The van der Waals surface area contributed by atoms with Crippen molar-refractivity contribution in [3.05, 3.63) is 56.0 Å². The number of hydrogen-bond donors (Lipinski definition) is 1. The summed E-state index contributed by atoms with van der Waals surface area (Å²) in [4.78, 5) is 0. The summed E-state index contributed by atoms with van der Waals surface area (Å²) in [5.74, 6) is 5.12. The molecule has 0 saturated heterocycles. The molecule has 0 aliphatic heterocycles. The molecule has 4 aliphatic carbocycles. The van der Waals surface area contributed by atoms with Crippen LogP contribution in [0.5, 0.6) is 11.5 Å². The van der Waals surface area contributed by atoms with E-state index in [1.54, 1.807) is 13.2 Å². The van der Waals surface area contributed by atoms with Crippen LogP contribution in [0, 0.1) is 23.7 Å². The molecule has 0 radical (unpaired) electrons. The molecule has 0 unspecified atom stereocenters. The molecule has 4 bridgehead atoms. The topological polar surface area (TPSA) is 30.5 Å². The summed E-state index contributed by atoms with van der Waals surface area (Å²) in [5, 5.41) is 5.15. The summed E-state index contributed by atoms with van der Waals surface area (Å²) in [6.45, 7) is 1.11. The van der Waals surface area contributed by atoms with E-state index in [9.17, 15) is 0 Å². The fourth-order valence-electron chi connectivity index (χ4n) is 6.33. The Morgan fingerprint density at radius 1 is 1.00 bits per heavy atom. The van der Waals surface area contributed by atoms with Gasteiger partial charge in [0.15, 0.2) is 11.5 Å². The summed E-state index contributed by atoms with van der Waals surface area (Å²) in [7, 11) is 1.68. The Bertz CT molecular complexity index is 939. The number of benzene rings is 2. The zero-order chi connectivity index (χ0) is 21.5. The van der Waals surface area contributed by atoms with Crippen molar-refractivity contribution in [3.63, 3.8) is 0 Å². The van der Waals surface area contributed by atoms with Gasteiger partial charge < -0.3 is 14.8 Å². The van der Waals surface area contributed by atoms with Crippen LogP contribution in [0.2, 0.25) is 10.0 Å². The van der Waals surface area contributed by atoms with Gasteiger partial charge in [0.2, 0.25) is 0 Å². The molecular formula is C25H28BrCl2NO2. The van der Waals surface area contributed by atoms with E-state index >= 15 is 0 Å². The number of hydrogen-bond acceptors (Lipinski definition) is 3. The van der Waals surface area contributed by atoms with Crippen molar-refractivity contribution < 1.29 is 9.47 Å². The molecular weight excluding hydrogens is 497 g/mol. The molecule has 166 valence electrons. The molecule has 0 aromatic heterocycles. The van der Waals surface area contributed by atoms with Crippen LogP contribution in [0.1, 0.15) is 43.2 Å². The van der Waals surface area contributed by atoms with Crippen LogP contribution in [-0.4, -0.2) is 13.2 Å². The quantitative estimate of drug-likeness (QED) is 0.413. The molecule has 6 heteroatoms. The first kappa shape index (κ1) is 21.9. The molecule has 0 spiro atoms. The minimum atomic E-state index is 0.355. The Labute approximate surface area is 202 Å². The first-order chi connectivity index (χ1) is 15.0. The van der Waals surface area contributed by atoms with Gasteiger partial charge in [0, 0.05) is 38.2 Å². The predicted octanol–water partition coefficient (Wildman–Crippen LogP) is 7.26. The smallest absolute Gasteiger partial charge is 0.167 e. The molecule has 1 N–H and O–H groups in total. The van der Waals surface area contributed by atoms with Crippen molar-refractivity contribution in [1.82, 2.24) is 5.32 Å². The Kier molecular flexibility index (Phi) is 6.44. The number of ether oxygens (including phenoxy) is 2. The monoisotopic (exact) mass is 523 g/mol. The lowest BCUT2D eigenvalue weighted by atomic mass is 9.54. The van der Waals surface area contributed by atoms with Gasteiger partial charge in [-0.1, -0.05) is 45.2 Å². The van der Waals surface area contributed by atoms with Crippen LogP contribution in [0.3, 0.4) is 0 Å². The third kappa shape index (κ3) is 4.46. The average Bonchev–Trinajstić information content (AvgIpc) is 2.73. The van der Waals surface area contributed by atoms with Crippen LogP contribution in [0.4, 0.5) is 0 Å². The lowest BCUT2D eigenvalue weighted by Crippen LogP contribution is -2.54. The molecule has 31 heavy (non-hydrogen) atoms. The lowest BCUT2D eigenvalue weighted by Gasteiger charge is -2.54. The molecule has 4 aliphatic rings. The largest absolute Gasteiger partial charge is 0.493 e. The fraction of sp³-hybridized carbons (Fsp3) is 0.520. The van der Waals surface area contributed by atoms with E-state index in [4.69, 9.17) is 32.7 Å². The van der Waals surface area contributed by atoms with E-state index in [0.29, 0.717) is 22.7 Å².